The number of hydrogen-bond donors (Lipinski definition) is 3. The molecule has 7 heteroatoms. The van der Waals surface area contributed by atoms with E-state index in [-0.39, 0.29) is 30.8 Å². The maximum Gasteiger partial charge on any atom is 0.315 e. The van der Waals surface area contributed by atoms with Gasteiger partial charge in [-0.15, -0.1) is 0 Å². The Morgan fingerprint density at radius 3 is 3.11 bits per heavy atom. The fourth-order valence-corrected chi connectivity index (χ4v) is 4.06. The van der Waals surface area contributed by atoms with Crippen LogP contribution in [0.5, 0.6) is 0 Å². The molecule has 0 radical (unpaired) electrons. The predicted octanol–water partition coefficient (Wildman–Crippen LogP) is 0.432. The van der Waals surface area contributed by atoms with E-state index >= 15 is 0 Å². The van der Waals surface area contributed by atoms with Crippen LogP contribution >= 0.6 is 11.8 Å². The van der Waals surface area contributed by atoms with Gasteiger partial charge in [0.25, 0.3) is 0 Å². The smallest absolute Gasteiger partial charge is 0.315 e. The van der Waals surface area contributed by atoms with Gasteiger partial charge in [0, 0.05) is 24.5 Å². The molecular weight excluding hydrogens is 266 g/mol. The third-order valence-corrected chi connectivity index (χ3v) is 5.00. The zero-order valence-electron chi connectivity index (χ0n) is 11.1. The number of urea groups is 1. The lowest BCUT2D eigenvalue weighted by molar-refractivity contribution is -0.122. The van der Waals surface area contributed by atoms with Crippen LogP contribution in [0.2, 0.25) is 0 Å². The normalized spacial score (nSPS) is 28.7. The first-order valence-corrected chi connectivity index (χ1v) is 7.70. The van der Waals surface area contributed by atoms with Crippen LogP contribution in [0.4, 0.5) is 4.79 Å². The highest BCUT2D eigenvalue weighted by molar-refractivity contribution is 8.00. The number of rotatable bonds is 7. The molecule has 3 amide bonds. The Kier molecular flexibility index (Phi) is 5.33. The highest BCUT2D eigenvalue weighted by Crippen LogP contribution is 2.33. The van der Waals surface area contributed by atoms with Crippen LogP contribution in [0.15, 0.2) is 0 Å². The van der Waals surface area contributed by atoms with Gasteiger partial charge in [0.15, 0.2) is 0 Å². The van der Waals surface area contributed by atoms with Crippen molar-refractivity contribution in [1.82, 2.24) is 16.0 Å². The number of unbranched alkanes of at least 4 members (excludes halogenated alkanes) is 1. The Morgan fingerprint density at radius 2 is 2.32 bits per heavy atom. The highest BCUT2D eigenvalue weighted by atomic mass is 32.2. The monoisotopic (exact) mass is 287 g/mol. The summed E-state index contributed by atoms with van der Waals surface area (Å²) in [6.07, 6.45) is 3.48. The van der Waals surface area contributed by atoms with Crippen molar-refractivity contribution < 1.29 is 14.3 Å². The van der Waals surface area contributed by atoms with E-state index in [1.54, 1.807) is 7.11 Å². The molecule has 108 valence electrons. The van der Waals surface area contributed by atoms with Crippen LogP contribution in [0.1, 0.15) is 25.7 Å². The van der Waals surface area contributed by atoms with Gasteiger partial charge in [0.1, 0.15) is 6.73 Å². The largest absolute Gasteiger partial charge is 0.364 e. The van der Waals surface area contributed by atoms with Crippen LogP contribution < -0.4 is 16.0 Å². The number of amides is 3. The number of thioether (sulfide) groups is 1. The summed E-state index contributed by atoms with van der Waals surface area (Å²) in [4.78, 5) is 22.6. The molecule has 2 aliphatic rings. The third kappa shape index (κ3) is 4.01. The van der Waals surface area contributed by atoms with E-state index in [4.69, 9.17) is 4.74 Å². The lowest BCUT2D eigenvalue weighted by Gasteiger charge is -2.16. The number of carbonyl (C=O) groups excluding carboxylic acids is 2. The standard InChI is InChI=1S/C12H21N3O3S/c1-18-7-13-10(16)5-3-2-4-9-11-8(6-19-9)14-12(17)15-11/h8-9,11H,2-7H2,1H3,(H,13,16)(H2,14,15,17). The van der Waals surface area contributed by atoms with Gasteiger partial charge in [-0.25, -0.2) is 4.79 Å². The summed E-state index contributed by atoms with van der Waals surface area (Å²) in [6, 6.07) is 0.506. The SMILES string of the molecule is COCNC(=O)CCCCC1SCC2NC(=O)NC21. The second-order valence-corrected chi connectivity index (χ2v) is 6.17. The molecule has 2 saturated heterocycles. The predicted molar refractivity (Wildman–Crippen MR) is 74.0 cm³/mol. The second-order valence-electron chi connectivity index (χ2n) is 4.90. The van der Waals surface area contributed by atoms with Gasteiger partial charge in [0.05, 0.1) is 12.1 Å². The number of hydrogen-bond acceptors (Lipinski definition) is 4. The molecule has 2 aliphatic heterocycles. The van der Waals surface area contributed by atoms with Crippen molar-refractivity contribution >= 4 is 23.7 Å². The molecule has 3 N–H and O–H groups in total. The summed E-state index contributed by atoms with van der Waals surface area (Å²) in [7, 11) is 1.55. The van der Waals surface area contributed by atoms with Crippen molar-refractivity contribution in [2.24, 2.45) is 0 Å². The first-order chi connectivity index (χ1) is 9.20. The van der Waals surface area contributed by atoms with Crippen molar-refractivity contribution in [3.05, 3.63) is 0 Å². The minimum atomic E-state index is -0.0424. The van der Waals surface area contributed by atoms with Crippen LogP contribution in [-0.2, 0) is 9.53 Å². The number of methoxy groups -OCH3 is 1. The van der Waals surface area contributed by atoms with E-state index < -0.39 is 0 Å². The van der Waals surface area contributed by atoms with Crippen LogP contribution in [0.3, 0.4) is 0 Å². The summed E-state index contributed by atoms with van der Waals surface area (Å²) < 4.78 is 4.78. The van der Waals surface area contributed by atoms with Crippen molar-refractivity contribution in [1.29, 1.82) is 0 Å². The molecule has 3 atom stereocenters. The van der Waals surface area contributed by atoms with Gasteiger partial charge in [-0.3, -0.25) is 4.79 Å². The third-order valence-electron chi connectivity index (χ3n) is 3.49. The van der Waals surface area contributed by atoms with E-state index in [2.05, 4.69) is 16.0 Å². The molecule has 0 saturated carbocycles. The number of nitrogens with one attached hydrogen (secondary N) is 3. The fraction of sp³-hybridized carbons (Fsp3) is 0.833. The molecular formula is C12H21N3O3S. The van der Waals surface area contributed by atoms with Gasteiger partial charge in [-0.1, -0.05) is 6.42 Å². The van der Waals surface area contributed by atoms with E-state index in [1.807, 2.05) is 11.8 Å². The molecule has 0 bridgehead atoms. The molecule has 2 heterocycles. The molecule has 0 aromatic rings. The second kappa shape index (κ2) is 7.00. The molecule has 3 unspecified atom stereocenters. The molecule has 0 aromatic heterocycles. The quantitative estimate of drug-likeness (QED) is 0.360. The summed E-state index contributed by atoms with van der Waals surface area (Å²) in [6.45, 7) is 0.277. The summed E-state index contributed by atoms with van der Waals surface area (Å²) in [5, 5.41) is 9.05. The fourth-order valence-electron chi connectivity index (χ4n) is 2.52. The van der Waals surface area contributed by atoms with E-state index in [0.717, 1.165) is 25.0 Å². The Balaban J connectivity index is 1.59. The maximum absolute atomic E-state index is 11.4. The Bertz CT molecular complexity index is 340. The zero-order chi connectivity index (χ0) is 13.7. The number of carbonyl (C=O) groups is 2. The minimum Gasteiger partial charge on any atom is -0.364 e. The average molecular weight is 287 g/mol. The van der Waals surface area contributed by atoms with Gasteiger partial charge < -0.3 is 20.7 Å². The average Bonchev–Trinajstić information content (AvgIpc) is 2.92. The van der Waals surface area contributed by atoms with Crippen LogP contribution in [0.25, 0.3) is 0 Å². The maximum atomic E-state index is 11.4. The summed E-state index contributed by atoms with van der Waals surface area (Å²) >= 11 is 1.91. The zero-order valence-corrected chi connectivity index (χ0v) is 11.9. The van der Waals surface area contributed by atoms with Crippen molar-refractivity contribution in [2.45, 2.75) is 43.0 Å². The van der Waals surface area contributed by atoms with Gasteiger partial charge in [-0.05, 0) is 12.8 Å². The van der Waals surface area contributed by atoms with Crippen molar-refractivity contribution in [2.75, 3.05) is 19.6 Å². The topological polar surface area (TPSA) is 79.5 Å². The molecule has 0 aromatic carbocycles. The van der Waals surface area contributed by atoms with Crippen molar-refractivity contribution in [3.63, 3.8) is 0 Å². The van der Waals surface area contributed by atoms with Crippen LogP contribution in [0, 0.1) is 0 Å². The van der Waals surface area contributed by atoms with Crippen LogP contribution in [-0.4, -0.2) is 48.9 Å². The van der Waals surface area contributed by atoms with E-state index in [9.17, 15) is 9.59 Å². The van der Waals surface area contributed by atoms with Gasteiger partial charge >= 0.3 is 6.03 Å². The Morgan fingerprint density at radius 1 is 1.47 bits per heavy atom. The lowest BCUT2D eigenvalue weighted by Crippen LogP contribution is -2.36. The highest BCUT2D eigenvalue weighted by Gasteiger charge is 2.42. The molecule has 0 spiro atoms. The minimum absolute atomic E-state index is 0.0367. The Labute approximate surface area is 117 Å². The molecule has 6 nitrogen and oxygen atoms in total. The van der Waals surface area contributed by atoms with E-state index in [1.165, 1.54) is 0 Å². The van der Waals surface area contributed by atoms with E-state index in [0.29, 0.717) is 11.7 Å². The first-order valence-electron chi connectivity index (χ1n) is 6.65. The summed E-state index contributed by atoms with van der Waals surface area (Å²) in [5.74, 6) is 1.03. The summed E-state index contributed by atoms with van der Waals surface area (Å²) in [5.41, 5.74) is 0. The molecule has 19 heavy (non-hydrogen) atoms. The molecule has 0 aliphatic carbocycles. The Hall–Kier alpha value is -0.950. The molecule has 2 fully saturated rings. The first kappa shape index (κ1) is 14.5. The molecule has 2 rings (SSSR count). The lowest BCUT2D eigenvalue weighted by atomic mass is 10.0. The number of ether oxygens (including phenoxy) is 1. The van der Waals surface area contributed by atoms with Gasteiger partial charge in [-0.2, -0.15) is 11.8 Å². The van der Waals surface area contributed by atoms with Crippen molar-refractivity contribution in [3.8, 4) is 0 Å². The van der Waals surface area contributed by atoms with Gasteiger partial charge in [0.2, 0.25) is 5.91 Å². The number of fused-ring (bicyclic) bond motifs is 1.